The van der Waals surface area contributed by atoms with Gasteiger partial charge in [-0.25, -0.2) is 0 Å². The Morgan fingerprint density at radius 2 is 2.11 bits per heavy atom. The summed E-state index contributed by atoms with van der Waals surface area (Å²) in [6.07, 6.45) is 0. The molecule has 0 amide bonds. The Balaban J connectivity index is 2.12. The SMILES string of the molecule is COCCNC(C)C(C)c1cc2cccc(C)c2o1. The van der Waals surface area contributed by atoms with Crippen molar-refractivity contribution in [1.82, 2.24) is 5.32 Å². The first-order chi connectivity index (χ1) is 9.13. The molecule has 1 N–H and O–H groups in total. The standard InChI is InChI=1S/C16H23NO2/c1-11-6-5-7-14-10-15(19-16(11)14)12(2)13(3)17-8-9-18-4/h5-7,10,12-13,17H,8-9H2,1-4H3. The van der Waals surface area contributed by atoms with Crippen LogP contribution in [0, 0.1) is 6.92 Å². The van der Waals surface area contributed by atoms with Crippen molar-refractivity contribution in [2.75, 3.05) is 20.3 Å². The third-order valence-electron chi connectivity index (χ3n) is 3.73. The molecular formula is C16H23NO2. The molecule has 2 atom stereocenters. The summed E-state index contributed by atoms with van der Waals surface area (Å²) in [5, 5.41) is 4.64. The van der Waals surface area contributed by atoms with Crippen LogP contribution in [0.2, 0.25) is 0 Å². The van der Waals surface area contributed by atoms with Gasteiger partial charge in [0.1, 0.15) is 11.3 Å². The Hall–Kier alpha value is -1.32. The smallest absolute Gasteiger partial charge is 0.137 e. The van der Waals surface area contributed by atoms with Gasteiger partial charge < -0.3 is 14.5 Å². The van der Waals surface area contributed by atoms with Crippen LogP contribution in [-0.2, 0) is 4.74 Å². The van der Waals surface area contributed by atoms with Crippen LogP contribution in [0.4, 0.5) is 0 Å². The van der Waals surface area contributed by atoms with Gasteiger partial charge in [0.25, 0.3) is 0 Å². The molecule has 1 aromatic heterocycles. The highest BCUT2D eigenvalue weighted by Crippen LogP contribution is 2.28. The maximum atomic E-state index is 6.02. The van der Waals surface area contributed by atoms with Crippen molar-refractivity contribution in [3.8, 4) is 0 Å². The Kier molecular flexibility index (Phi) is 4.61. The predicted octanol–water partition coefficient (Wildman–Crippen LogP) is 3.47. The fraction of sp³-hybridized carbons (Fsp3) is 0.500. The van der Waals surface area contributed by atoms with Crippen molar-refractivity contribution >= 4 is 11.0 Å². The molecule has 19 heavy (non-hydrogen) atoms. The zero-order chi connectivity index (χ0) is 13.8. The average Bonchev–Trinajstić information content (AvgIpc) is 2.83. The van der Waals surface area contributed by atoms with Crippen molar-refractivity contribution < 1.29 is 9.15 Å². The fourth-order valence-electron chi connectivity index (χ4n) is 2.27. The van der Waals surface area contributed by atoms with E-state index in [0.29, 0.717) is 12.0 Å². The highest BCUT2D eigenvalue weighted by molar-refractivity contribution is 5.81. The van der Waals surface area contributed by atoms with Gasteiger partial charge >= 0.3 is 0 Å². The Morgan fingerprint density at radius 1 is 1.32 bits per heavy atom. The van der Waals surface area contributed by atoms with E-state index in [2.05, 4.69) is 50.4 Å². The highest BCUT2D eigenvalue weighted by Gasteiger charge is 2.18. The van der Waals surface area contributed by atoms with Crippen LogP contribution >= 0.6 is 0 Å². The van der Waals surface area contributed by atoms with E-state index in [1.54, 1.807) is 7.11 Å². The molecule has 0 fully saturated rings. The summed E-state index contributed by atoms with van der Waals surface area (Å²) < 4.78 is 11.1. The van der Waals surface area contributed by atoms with Gasteiger partial charge in [-0.3, -0.25) is 0 Å². The van der Waals surface area contributed by atoms with E-state index in [4.69, 9.17) is 9.15 Å². The quantitative estimate of drug-likeness (QED) is 0.809. The summed E-state index contributed by atoms with van der Waals surface area (Å²) >= 11 is 0. The number of rotatable bonds is 6. The first-order valence-corrected chi connectivity index (χ1v) is 6.85. The lowest BCUT2D eigenvalue weighted by Gasteiger charge is -2.19. The molecule has 1 heterocycles. The van der Waals surface area contributed by atoms with Crippen LogP contribution in [0.5, 0.6) is 0 Å². The molecule has 2 rings (SSSR count). The van der Waals surface area contributed by atoms with Gasteiger partial charge in [0.05, 0.1) is 6.61 Å². The van der Waals surface area contributed by atoms with Crippen LogP contribution in [0.15, 0.2) is 28.7 Å². The number of para-hydroxylation sites is 1. The first-order valence-electron chi connectivity index (χ1n) is 6.85. The van der Waals surface area contributed by atoms with Gasteiger partial charge in [-0.2, -0.15) is 0 Å². The molecule has 3 heteroatoms. The average molecular weight is 261 g/mol. The van der Waals surface area contributed by atoms with Gasteiger partial charge in [0, 0.05) is 31.0 Å². The third kappa shape index (κ3) is 3.17. The molecule has 2 unspecified atom stereocenters. The lowest BCUT2D eigenvalue weighted by molar-refractivity contribution is 0.194. The van der Waals surface area contributed by atoms with E-state index in [9.17, 15) is 0 Å². The van der Waals surface area contributed by atoms with E-state index in [1.807, 2.05) is 0 Å². The van der Waals surface area contributed by atoms with Crippen LogP contribution in [-0.4, -0.2) is 26.3 Å². The highest BCUT2D eigenvalue weighted by atomic mass is 16.5. The van der Waals surface area contributed by atoms with E-state index in [0.717, 1.165) is 24.5 Å². The predicted molar refractivity (Wildman–Crippen MR) is 78.7 cm³/mol. The number of furan rings is 1. The van der Waals surface area contributed by atoms with Gasteiger partial charge in [0.15, 0.2) is 0 Å². The van der Waals surface area contributed by atoms with Crippen molar-refractivity contribution in [2.45, 2.75) is 32.7 Å². The Morgan fingerprint density at radius 3 is 2.79 bits per heavy atom. The molecule has 0 radical (unpaired) electrons. The van der Waals surface area contributed by atoms with Gasteiger partial charge in [0.2, 0.25) is 0 Å². The Labute approximate surface area is 114 Å². The molecular weight excluding hydrogens is 238 g/mol. The maximum Gasteiger partial charge on any atom is 0.137 e. The van der Waals surface area contributed by atoms with Gasteiger partial charge in [-0.05, 0) is 25.5 Å². The first kappa shape index (κ1) is 14.1. The molecule has 0 saturated carbocycles. The molecule has 3 nitrogen and oxygen atoms in total. The molecule has 104 valence electrons. The summed E-state index contributed by atoms with van der Waals surface area (Å²) in [5.41, 5.74) is 2.20. The minimum atomic E-state index is 0.337. The molecule has 0 spiro atoms. The number of fused-ring (bicyclic) bond motifs is 1. The van der Waals surface area contributed by atoms with Crippen LogP contribution in [0.25, 0.3) is 11.0 Å². The largest absolute Gasteiger partial charge is 0.460 e. The second-order valence-corrected chi connectivity index (χ2v) is 5.17. The van der Waals surface area contributed by atoms with E-state index in [-0.39, 0.29) is 0 Å². The van der Waals surface area contributed by atoms with Crippen LogP contribution in [0.3, 0.4) is 0 Å². The number of hydrogen-bond acceptors (Lipinski definition) is 3. The van der Waals surface area contributed by atoms with Crippen molar-refractivity contribution in [3.63, 3.8) is 0 Å². The molecule has 1 aromatic carbocycles. The number of ether oxygens (including phenoxy) is 1. The normalized spacial score (nSPS) is 14.7. The molecule has 0 aliphatic carbocycles. The van der Waals surface area contributed by atoms with Crippen molar-refractivity contribution in [1.29, 1.82) is 0 Å². The second kappa shape index (κ2) is 6.22. The lowest BCUT2D eigenvalue weighted by atomic mass is 10.0. The molecule has 0 bridgehead atoms. The van der Waals surface area contributed by atoms with E-state index >= 15 is 0 Å². The van der Waals surface area contributed by atoms with E-state index in [1.165, 1.54) is 10.9 Å². The van der Waals surface area contributed by atoms with Crippen LogP contribution in [0.1, 0.15) is 31.1 Å². The number of aryl methyl sites for hydroxylation is 1. The lowest BCUT2D eigenvalue weighted by Crippen LogP contribution is -2.33. The summed E-state index contributed by atoms with van der Waals surface area (Å²) in [6, 6.07) is 8.77. The fourth-order valence-corrected chi connectivity index (χ4v) is 2.27. The van der Waals surface area contributed by atoms with Crippen molar-refractivity contribution in [3.05, 3.63) is 35.6 Å². The zero-order valence-electron chi connectivity index (χ0n) is 12.2. The number of hydrogen-bond donors (Lipinski definition) is 1. The third-order valence-corrected chi connectivity index (χ3v) is 3.73. The van der Waals surface area contributed by atoms with E-state index < -0.39 is 0 Å². The summed E-state index contributed by atoms with van der Waals surface area (Å²) in [5.74, 6) is 1.38. The topological polar surface area (TPSA) is 34.4 Å². The van der Waals surface area contributed by atoms with Gasteiger partial charge in [-0.1, -0.05) is 25.1 Å². The Bertz CT molecular complexity index is 533. The van der Waals surface area contributed by atoms with Crippen molar-refractivity contribution in [2.24, 2.45) is 0 Å². The zero-order valence-corrected chi connectivity index (χ0v) is 12.2. The molecule has 0 aliphatic heterocycles. The summed E-state index contributed by atoms with van der Waals surface area (Å²) in [7, 11) is 1.72. The number of nitrogens with one attached hydrogen (secondary N) is 1. The van der Waals surface area contributed by atoms with Gasteiger partial charge in [-0.15, -0.1) is 0 Å². The maximum absolute atomic E-state index is 6.02. The minimum absolute atomic E-state index is 0.337. The molecule has 2 aromatic rings. The molecule has 0 aliphatic rings. The minimum Gasteiger partial charge on any atom is -0.460 e. The number of methoxy groups -OCH3 is 1. The van der Waals surface area contributed by atoms with Crippen LogP contribution < -0.4 is 5.32 Å². The monoisotopic (exact) mass is 261 g/mol. The number of benzene rings is 1. The molecule has 0 saturated heterocycles. The second-order valence-electron chi connectivity index (χ2n) is 5.17. The summed E-state index contributed by atoms with van der Waals surface area (Å²) in [6.45, 7) is 8.05. The summed E-state index contributed by atoms with van der Waals surface area (Å²) in [4.78, 5) is 0.